The molecule has 0 radical (unpaired) electrons. The summed E-state index contributed by atoms with van der Waals surface area (Å²) in [4.78, 5) is 0. The van der Waals surface area contributed by atoms with Gasteiger partial charge < -0.3 is 10.4 Å². The Labute approximate surface area is 116 Å². The molecule has 1 unspecified atom stereocenters. The normalized spacial score (nSPS) is 14.2. The minimum atomic E-state index is -1.13. The van der Waals surface area contributed by atoms with Crippen molar-refractivity contribution in [1.82, 2.24) is 15.1 Å². The molecule has 1 atom stereocenters. The number of aromatic nitrogens is 2. The van der Waals surface area contributed by atoms with Gasteiger partial charge in [-0.15, -0.1) is 0 Å². The van der Waals surface area contributed by atoms with Crippen LogP contribution in [-0.2, 0) is 19.2 Å². The Kier molecular flexibility index (Phi) is 4.15. The van der Waals surface area contributed by atoms with E-state index in [-0.39, 0.29) is 18.7 Å². The first kappa shape index (κ1) is 14.6. The third kappa shape index (κ3) is 3.20. The molecule has 0 spiro atoms. The fourth-order valence-electron chi connectivity index (χ4n) is 1.93. The molecule has 1 aromatic heterocycles. The van der Waals surface area contributed by atoms with E-state index in [2.05, 4.69) is 10.4 Å². The summed E-state index contributed by atoms with van der Waals surface area (Å²) in [6.07, 6.45) is 3.29. The van der Waals surface area contributed by atoms with Gasteiger partial charge in [0.05, 0.1) is 6.20 Å². The lowest BCUT2D eigenvalue weighted by molar-refractivity contribution is 0.0565. The summed E-state index contributed by atoms with van der Waals surface area (Å²) in [5, 5.41) is 17.2. The van der Waals surface area contributed by atoms with Gasteiger partial charge in [0.1, 0.15) is 5.60 Å². The monoisotopic (exact) mass is 281 g/mol. The zero-order valence-electron chi connectivity index (χ0n) is 11.4. The summed E-state index contributed by atoms with van der Waals surface area (Å²) in [5.41, 5.74) is -0.239. The predicted octanol–water partition coefficient (Wildman–Crippen LogP) is 1.70. The van der Waals surface area contributed by atoms with Crippen LogP contribution in [0.3, 0.4) is 0 Å². The standard InChI is InChI=1S/C14H17F2N3O/c1-14(20,11-7-18-19(2)8-11)9-17-6-10-4-3-5-12(15)13(10)16/h3-5,7-8,17,20H,6,9H2,1-2H3. The predicted molar refractivity (Wildman–Crippen MR) is 70.8 cm³/mol. The quantitative estimate of drug-likeness (QED) is 0.877. The molecule has 2 aromatic rings. The first-order chi connectivity index (χ1) is 9.40. The van der Waals surface area contributed by atoms with E-state index in [0.717, 1.165) is 6.07 Å². The molecule has 0 aliphatic heterocycles. The lowest BCUT2D eigenvalue weighted by atomic mass is 9.99. The fraction of sp³-hybridized carbons (Fsp3) is 0.357. The number of aliphatic hydroxyl groups is 1. The average molecular weight is 281 g/mol. The highest BCUT2D eigenvalue weighted by molar-refractivity contribution is 5.19. The zero-order chi connectivity index (χ0) is 14.8. The fourth-order valence-corrected chi connectivity index (χ4v) is 1.93. The topological polar surface area (TPSA) is 50.1 Å². The molecule has 0 saturated carbocycles. The Bertz CT molecular complexity index is 596. The van der Waals surface area contributed by atoms with Crippen molar-refractivity contribution in [3.05, 3.63) is 53.4 Å². The van der Waals surface area contributed by atoms with Crippen LogP contribution in [0.1, 0.15) is 18.1 Å². The van der Waals surface area contributed by atoms with Crippen molar-refractivity contribution in [2.45, 2.75) is 19.1 Å². The first-order valence-corrected chi connectivity index (χ1v) is 6.25. The lowest BCUT2D eigenvalue weighted by Gasteiger charge is -2.22. The van der Waals surface area contributed by atoms with Crippen molar-refractivity contribution in [3.63, 3.8) is 0 Å². The summed E-state index contributed by atoms with van der Waals surface area (Å²) in [5.74, 6) is -1.73. The van der Waals surface area contributed by atoms with E-state index in [1.807, 2.05) is 0 Å². The van der Waals surface area contributed by atoms with Crippen molar-refractivity contribution < 1.29 is 13.9 Å². The second-order valence-electron chi connectivity index (χ2n) is 4.99. The maximum Gasteiger partial charge on any atom is 0.163 e. The van der Waals surface area contributed by atoms with Crippen LogP contribution in [0.15, 0.2) is 30.6 Å². The summed E-state index contributed by atoms with van der Waals surface area (Å²) in [6, 6.07) is 4.03. The van der Waals surface area contributed by atoms with E-state index in [9.17, 15) is 13.9 Å². The van der Waals surface area contributed by atoms with Crippen molar-refractivity contribution in [2.75, 3.05) is 6.54 Å². The second-order valence-corrected chi connectivity index (χ2v) is 4.99. The van der Waals surface area contributed by atoms with Crippen LogP contribution in [0.4, 0.5) is 8.78 Å². The van der Waals surface area contributed by atoms with Crippen LogP contribution in [0.25, 0.3) is 0 Å². The van der Waals surface area contributed by atoms with Crippen LogP contribution in [0.5, 0.6) is 0 Å². The van der Waals surface area contributed by atoms with Gasteiger partial charge in [-0.3, -0.25) is 4.68 Å². The maximum absolute atomic E-state index is 13.5. The molecule has 0 bridgehead atoms. The molecule has 20 heavy (non-hydrogen) atoms. The molecular weight excluding hydrogens is 264 g/mol. The highest BCUT2D eigenvalue weighted by Crippen LogP contribution is 2.19. The summed E-state index contributed by atoms with van der Waals surface area (Å²) < 4.78 is 28.1. The number of nitrogens with zero attached hydrogens (tertiary/aromatic N) is 2. The summed E-state index contributed by atoms with van der Waals surface area (Å²) >= 11 is 0. The molecule has 0 aliphatic rings. The molecule has 0 aliphatic carbocycles. The molecule has 1 aromatic carbocycles. The smallest absolute Gasteiger partial charge is 0.163 e. The first-order valence-electron chi connectivity index (χ1n) is 6.25. The van der Waals surface area contributed by atoms with Gasteiger partial charge in [0, 0.05) is 37.5 Å². The Hall–Kier alpha value is -1.79. The molecular formula is C14H17F2N3O. The summed E-state index contributed by atoms with van der Waals surface area (Å²) in [7, 11) is 1.76. The number of hydrogen-bond acceptors (Lipinski definition) is 3. The number of rotatable bonds is 5. The lowest BCUT2D eigenvalue weighted by Crippen LogP contribution is -2.35. The van der Waals surface area contributed by atoms with E-state index in [1.54, 1.807) is 31.0 Å². The number of aryl methyl sites for hydroxylation is 1. The van der Waals surface area contributed by atoms with Crippen molar-refractivity contribution in [2.24, 2.45) is 7.05 Å². The third-order valence-corrected chi connectivity index (χ3v) is 3.14. The van der Waals surface area contributed by atoms with E-state index < -0.39 is 17.2 Å². The molecule has 2 rings (SSSR count). The van der Waals surface area contributed by atoms with Gasteiger partial charge in [0.2, 0.25) is 0 Å². The van der Waals surface area contributed by atoms with Crippen molar-refractivity contribution in [1.29, 1.82) is 0 Å². The SMILES string of the molecule is Cn1cc(C(C)(O)CNCc2cccc(F)c2F)cn1. The molecule has 0 fully saturated rings. The van der Waals surface area contributed by atoms with E-state index in [0.29, 0.717) is 5.56 Å². The van der Waals surface area contributed by atoms with Gasteiger partial charge in [-0.2, -0.15) is 5.10 Å². The van der Waals surface area contributed by atoms with E-state index in [1.165, 1.54) is 12.1 Å². The van der Waals surface area contributed by atoms with Gasteiger partial charge in [0.15, 0.2) is 11.6 Å². The van der Waals surface area contributed by atoms with Crippen molar-refractivity contribution in [3.8, 4) is 0 Å². The molecule has 2 N–H and O–H groups in total. The van der Waals surface area contributed by atoms with Crippen LogP contribution < -0.4 is 5.32 Å². The largest absolute Gasteiger partial charge is 0.384 e. The van der Waals surface area contributed by atoms with E-state index in [4.69, 9.17) is 0 Å². The van der Waals surface area contributed by atoms with Gasteiger partial charge in [-0.05, 0) is 13.0 Å². The highest BCUT2D eigenvalue weighted by Gasteiger charge is 2.24. The van der Waals surface area contributed by atoms with Crippen LogP contribution in [-0.4, -0.2) is 21.4 Å². The maximum atomic E-state index is 13.5. The molecule has 0 amide bonds. The van der Waals surface area contributed by atoms with Gasteiger partial charge in [-0.1, -0.05) is 12.1 Å². The number of hydrogen-bond donors (Lipinski definition) is 2. The summed E-state index contributed by atoms with van der Waals surface area (Å²) in [6.45, 7) is 1.98. The minimum Gasteiger partial charge on any atom is -0.384 e. The Morgan fingerprint density at radius 2 is 2.15 bits per heavy atom. The number of benzene rings is 1. The molecule has 6 heteroatoms. The highest BCUT2D eigenvalue weighted by atomic mass is 19.2. The van der Waals surface area contributed by atoms with Gasteiger partial charge >= 0.3 is 0 Å². The average Bonchev–Trinajstić information content (AvgIpc) is 2.82. The molecule has 108 valence electrons. The molecule has 0 saturated heterocycles. The third-order valence-electron chi connectivity index (χ3n) is 3.14. The van der Waals surface area contributed by atoms with Gasteiger partial charge in [0.25, 0.3) is 0 Å². The van der Waals surface area contributed by atoms with Crippen molar-refractivity contribution >= 4 is 0 Å². The number of nitrogens with one attached hydrogen (secondary N) is 1. The Morgan fingerprint density at radius 1 is 1.40 bits per heavy atom. The van der Waals surface area contributed by atoms with Crippen LogP contribution in [0.2, 0.25) is 0 Å². The Morgan fingerprint density at radius 3 is 2.80 bits per heavy atom. The second kappa shape index (κ2) is 5.68. The van der Waals surface area contributed by atoms with E-state index >= 15 is 0 Å². The Balaban J connectivity index is 1.97. The zero-order valence-corrected chi connectivity index (χ0v) is 11.4. The molecule has 4 nitrogen and oxygen atoms in total. The van der Waals surface area contributed by atoms with Crippen LogP contribution in [0, 0.1) is 11.6 Å². The minimum absolute atomic E-state index is 0.139. The van der Waals surface area contributed by atoms with Gasteiger partial charge in [-0.25, -0.2) is 8.78 Å². The van der Waals surface area contributed by atoms with Crippen LogP contribution >= 0.6 is 0 Å². The molecule has 1 heterocycles. The number of halogens is 2.